The van der Waals surface area contributed by atoms with E-state index in [0.717, 1.165) is 4.68 Å². The highest BCUT2D eigenvalue weighted by molar-refractivity contribution is 4.58. The molecule has 0 saturated carbocycles. The molecule has 1 heterocycles. The average Bonchev–Trinajstić information content (AvgIpc) is 2.13. The molecule has 0 radical (unpaired) electrons. The van der Waals surface area contributed by atoms with E-state index in [1.807, 2.05) is 4.98 Å². The van der Waals surface area contributed by atoms with Crippen molar-refractivity contribution < 1.29 is 4.74 Å². The van der Waals surface area contributed by atoms with Gasteiger partial charge in [0.05, 0.1) is 0 Å². The third kappa shape index (κ3) is 1.16. The summed E-state index contributed by atoms with van der Waals surface area (Å²) >= 11 is 0. The quantitative estimate of drug-likeness (QED) is 0.529. The van der Waals surface area contributed by atoms with E-state index >= 15 is 0 Å². The number of methoxy groups -OCH3 is 1. The summed E-state index contributed by atoms with van der Waals surface area (Å²) in [6, 6.07) is 0. The lowest BCUT2D eigenvalue weighted by molar-refractivity contribution is 0.117. The summed E-state index contributed by atoms with van der Waals surface area (Å²) in [7, 11) is 1.43. The van der Waals surface area contributed by atoms with E-state index in [0.29, 0.717) is 0 Å². The van der Waals surface area contributed by atoms with E-state index in [1.54, 1.807) is 0 Å². The highest BCUT2D eigenvalue weighted by Gasteiger charge is 1.95. The molecule has 0 aliphatic carbocycles. The Kier molecular flexibility index (Phi) is 1.72. The standard InChI is InChI=1S/C4H7N3O3/c1-10-2-7-4(9)5-3(8)6-7/h2H2,1H3,(H2,5,6,8,9). The second kappa shape index (κ2) is 2.53. The molecule has 6 nitrogen and oxygen atoms in total. The van der Waals surface area contributed by atoms with E-state index in [4.69, 9.17) is 0 Å². The molecule has 1 aromatic rings. The van der Waals surface area contributed by atoms with Crippen LogP contribution in [0.4, 0.5) is 0 Å². The molecule has 56 valence electrons. The second-order valence-electron chi connectivity index (χ2n) is 1.72. The van der Waals surface area contributed by atoms with Crippen molar-refractivity contribution in [1.29, 1.82) is 0 Å². The van der Waals surface area contributed by atoms with Gasteiger partial charge in [-0.05, 0) is 0 Å². The minimum absolute atomic E-state index is 0.0531. The third-order valence-electron chi connectivity index (χ3n) is 0.960. The first-order valence-corrected chi connectivity index (χ1v) is 2.62. The van der Waals surface area contributed by atoms with E-state index in [-0.39, 0.29) is 6.73 Å². The maximum atomic E-state index is 10.6. The highest BCUT2D eigenvalue weighted by Crippen LogP contribution is 1.67. The van der Waals surface area contributed by atoms with Crippen LogP contribution in [0.5, 0.6) is 0 Å². The lowest BCUT2D eigenvalue weighted by atomic mass is 11.1. The van der Waals surface area contributed by atoms with Crippen LogP contribution in [0.15, 0.2) is 9.59 Å². The molecule has 6 heteroatoms. The average molecular weight is 145 g/mol. The molecule has 0 aliphatic heterocycles. The van der Waals surface area contributed by atoms with Crippen molar-refractivity contribution in [2.75, 3.05) is 7.11 Å². The number of aromatic nitrogens is 3. The van der Waals surface area contributed by atoms with Gasteiger partial charge in [0.2, 0.25) is 0 Å². The lowest BCUT2D eigenvalue weighted by Crippen LogP contribution is -2.18. The van der Waals surface area contributed by atoms with Crippen molar-refractivity contribution in [1.82, 2.24) is 14.8 Å². The van der Waals surface area contributed by atoms with E-state index in [2.05, 4.69) is 9.84 Å². The maximum absolute atomic E-state index is 10.6. The molecule has 0 spiro atoms. The van der Waals surface area contributed by atoms with E-state index < -0.39 is 11.4 Å². The molecule has 1 aromatic heterocycles. The predicted octanol–water partition coefficient (Wildman–Crippen LogP) is -1.53. The van der Waals surface area contributed by atoms with Crippen LogP contribution in [0.2, 0.25) is 0 Å². The molecule has 0 unspecified atom stereocenters. The Hall–Kier alpha value is -1.30. The molecule has 0 aliphatic rings. The van der Waals surface area contributed by atoms with E-state index in [9.17, 15) is 9.59 Å². The topological polar surface area (TPSA) is 79.9 Å². The number of H-pyrrole nitrogens is 2. The van der Waals surface area contributed by atoms with Crippen LogP contribution in [-0.4, -0.2) is 21.9 Å². The highest BCUT2D eigenvalue weighted by atomic mass is 16.5. The Labute approximate surface area is 55.4 Å². The Morgan fingerprint density at radius 3 is 2.70 bits per heavy atom. The lowest BCUT2D eigenvalue weighted by Gasteiger charge is -1.93. The van der Waals surface area contributed by atoms with Crippen molar-refractivity contribution in [3.8, 4) is 0 Å². The first-order chi connectivity index (χ1) is 4.74. The van der Waals surface area contributed by atoms with Gasteiger partial charge in [-0.15, -0.1) is 0 Å². The molecular weight excluding hydrogens is 138 g/mol. The van der Waals surface area contributed by atoms with Crippen LogP contribution in [0.25, 0.3) is 0 Å². The summed E-state index contributed by atoms with van der Waals surface area (Å²) in [5, 5.41) is 2.21. The van der Waals surface area contributed by atoms with Crippen molar-refractivity contribution >= 4 is 0 Å². The number of ether oxygens (including phenoxy) is 1. The zero-order valence-electron chi connectivity index (χ0n) is 5.38. The van der Waals surface area contributed by atoms with Crippen LogP contribution in [0, 0.1) is 0 Å². The van der Waals surface area contributed by atoms with E-state index in [1.165, 1.54) is 7.11 Å². The van der Waals surface area contributed by atoms with Crippen LogP contribution < -0.4 is 11.4 Å². The van der Waals surface area contributed by atoms with Gasteiger partial charge < -0.3 is 4.74 Å². The Morgan fingerprint density at radius 1 is 1.60 bits per heavy atom. The van der Waals surface area contributed by atoms with Crippen LogP contribution >= 0.6 is 0 Å². The number of rotatable bonds is 2. The zero-order chi connectivity index (χ0) is 7.56. The van der Waals surface area contributed by atoms with Gasteiger partial charge in [0.15, 0.2) is 0 Å². The summed E-state index contributed by atoms with van der Waals surface area (Å²) in [6.07, 6.45) is 0. The first kappa shape index (κ1) is 6.81. The minimum Gasteiger partial charge on any atom is -0.362 e. The van der Waals surface area contributed by atoms with Gasteiger partial charge >= 0.3 is 11.4 Å². The number of hydrogen-bond acceptors (Lipinski definition) is 3. The molecule has 0 atom stereocenters. The Balaban J connectivity index is 3.04. The van der Waals surface area contributed by atoms with Gasteiger partial charge in [0, 0.05) is 7.11 Å². The number of nitrogens with one attached hydrogen (secondary N) is 2. The summed E-state index contributed by atoms with van der Waals surface area (Å²) in [5.41, 5.74) is -1.02. The van der Waals surface area contributed by atoms with Gasteiger partial charge in [-0.25, -0.2) is 19.4 Å². The van der Waals surface area contributed by atoms with Crippen LogP contribution in [0.3, 0.4) is 0 Å². The Morgan fingerprint density at radius 2 is 2.30 bits per heavy atom. The van der Waals surface area contributed by atoms with Gasteiger partial charge in [0.1, 0.15) is 6.73 Å². The molecule has 0 aromatic carbocycles. The summed E-state index contributed by atoms with van der Waals surface area (Å²) < 4.78 is 5.62. The second-order valence-corrected chi connectivity index (χ2v) is 1.72. The van der Waals surface area contributed by atoms with Gasteiger partial charge in [-0.3, -0.25) is 4.98 Å². The first-order valence-electron chi connectivity index (χ1n) is 2.62. The predicted molar refractivity (Wildman–Crippen MR) is 32.7 cm³/mol. The number of hydrogen-bond donors (Lipinski definition) is 2. The fraction of sp³-hybridized carbons (Fsp3) is 0.500. The summed E-state index contributed by atoms with van der Waals surface area (Å²) in [6.45, 7) is 0.0531. The largest absolute Gasteiger partial charge is 0.362 e. The van der Waals surface area contributed by atoms with Gasteiger partial charge in [-0.1, -0.05) is 0 Å². The summed E-state index contributed by atoms with van der Waals surface area (Å²) in [5.74, 6) is 0. The zero-order valence-corrected chi connectivity index (χ0v) is 5.38. The normalized spacial score (nSPS) is 10.1. The molecule has 0 amide bonds. The molecular formula is C4H7N3O3. The SMILES string of the molecule is COCn1[nH]c(=O)[nH]c1=O. The fourth-order valence-electron chi connectivity index (χ4n) is 0.586. The smallest absolute Gasteiger partial charge is 0.346 e. The molecule has 0 saturated heterocycles. The number of aromatic amines is 2. The van der Waals surface area contributed by atoms with Crippen molar-refractivity contribution in [2.45, 2.75) is 6.73 Å². The van der Waals surface area contributed by atoms with Crippen molar-refractivity contribution in [3.05, 3.63) is 21.0 Å². The monoisotopic (exact) mass is 145 g/mol. The molecule has 10 heavy (non-hydrogen) atoms. The fourth-order valence-corrected chi connectivity index (χ4v) is 0.586. The van der Waals surface area contributed by atoms with Crippen molar-refractivity contribution in [3.63, 3.8) is 0 Å². The van der Waals surface area contributed by atoms with Gasteiger partial charge in [-0.2, -0.15) is 0 Å². The molecule has 0 bridgehead atoms. The molecule has 0 fully saturated rings. The van der Waals surface area contributed by atoms with Crippen molar-refractivity contribution in [2.24, 2.45) is 0 Å². The minimum atomic E-state index is -0.526. The number of nitrogens with zero attached hydrogens (tertiary/aromatic N) is 1. The van der Waals surface area contributed by atoms with Crippen LogP contribution in [-0.2, 0) is 11.5 Å². The maximum Gasteiger partial charge on any atom is 0.346 e. The summed E-state index contributed by atoms with van der Waals surface area (Å²) in [4.78, 5) is 23.0. The van der Waals surface area contributed by atoms with Gasteiger partial charge in [0.25, 0.3) is 0 Å². The molecule has 2 N–H and O–H groups in total. The Bertz CT molecular complexity index is 306. The van der Waals surface area contributed by atoms with Crippen LogP contribution in [0.1, 0.15) is 0 Å². The third-order valence-corrected chi connectivity index (χ3v) is 0.960. The molecule has 1 rings (SSSR count).